The molecule has 106 valence electrons. The first kappa shape index (κ1) is 12.8. The summed E-state index contributed by atoms with van der Waals surface area (Å²) in [5.41, 5.74) is 0.0371. The average molecular weight is 287 g/mol. The Balaban J connectivity index is 2.09. The summed E-state index contributed by atoms with van der Waals surface area (Å²) in [7, 11) is 1.65. The minimum atomic E-state index is -1.17. The van der Waals surface area contributed by atoms with Crippen LogP contribution >= 0.6 is 0 Å². The van der Waals surface area contributed by atoms with Crippen LogP contribution in [0.5, 0.6) is 0 Å². The highest BCUT2D eigenvalue weighted by atomic mass is 16.4. The molecule has 10 nitrogen and oxygen atoms in total. The van der Waals surface area contributed by atoms with E-state index < -0.39 is 11.5 Å². The minimum absolute atomic E-state index is 0.0857. The number of aryl methyl sites for hydroxylation is 1. The zero-order chi connectivity index (χ0) is 15.0. The monoisotopic (exact) mass is 287 g/mol. The largest absolute Gasteiger partial charge is 0.478 e. The van der Waals surface area contributed by atoms with Gasteiger partial charge in [0.2, 0.25) is 0 Å². The molecule has 0 atom stereocenters. The number of hydrogen-bond donors (Lipinski definition) is 1. The van der Waals surface area contributed by atoms with Gasteiger partial charge in [-0.3, -0.25) is 4.79 Å². The van der Waals surface area contributed by atoms with E-state index in [0.717, 1.165) is 4.68 Å². The van der Waals surface area contributed by atoms with Crippen LogP contribution in [0.25, 0.3) is 11.0 Å². The van der Waals surface area contributed by atoms with Crippen molar-refractivity contribution in [1.82, 2.24) is 34.7 Å². The van der Waals surface area contributed by atoms with Gasteiger partial charge in [-0.25, -0.2) is 24.1 Å². The molecule has 0 saturated carbocycles. The molecule has 0 aliphatic rings. The fraction of sp³-hybridized carbons (Fsp3) is 0.182. The van der Waals surface area contributed by atoms with Crippen molar-refractivity contribution in [1.29, 1.82) is 0 Å². The van der Waals surface area contributed by atoms with Crippen molar-refractivity contribution >= 4 is 17.0 Å². The average Bonchev–Trinajstić information content (AvgIpc) is 2.84. The smallest absolute Gasteiger partial charge is 0.339 e. The number of aromatic carboxylic acids is 1. The maximum absolute atomic E-state index is 12.2. The van der Waals surface area contributed by atoms with Crippen molar-refractivity contribution in [2.45, 2.75) is 6.54 Å². The Hall–Kier alpha value is -3.17. The summed E-state index contributed by atoms with van der Waals surface area (Å²) < 4.78 is 2.47. The van der Waals surface area contributed by atoms with Gasteiger partial charge in [-0.05, 0) is 0 Å². The van der Waals surface area contributed by atoms with E-state index in [4.69, 9.17) is 5.11 Å². The van der Waals surface area contributed by atoms with E-state index in [1.54, 1.807) is 7.05 Å². The molecule has 0 aliphatic carbocycles. The summed E-state index contributed by atoms with van der Waals surface area (Å²) in [5, 5.41) is 21.0. The number of aromatic nitrogens is 7. The van der Waals surface area contributed by atoms with E-state index in [2.05, 4.69) is 25.4 Å². The lowest BCUT2D eigenvalue weighted by Gasteiger charge is -2.05. The molecule has 0 fully saturated rings. The number of rotatable bonds is 3. The van der Waals surface area contributed by atoms with Crippen LogP contribution in [0.15, 0.2) is 23.5 Å². The summed E-state index contributed by atoms with van der Waals surface area (Å²) in [4.78, 5) is 30.9. The highest BCUT2D eigenvalue weighted by molar-refractivity contribution is 5.88. The third-order valence-corrected chi connectivity index (χ3v) is 2.94. The molecule has 3 heterocycles. The minimum Gasteiger partial charge on any atom is -0.478 e. The summed E-state index contributed by atoms with van der Waals surface area (Å²) in [5.74, 6) is -1.17. The Kier molecular flexibility index (Phi) is 2.90. The Bertz CT molecular complexity index is 898. The van der Waals surface area contributed by atoms with Gasteiger partial charge in [0.1, 0.15) is 17.3 Å². The molecule has 3 aromatic heterocycles. The molecular weight excluding hydrogens is 278 g/mol. The molecular formula is C11H9N7O3. The molecule has 0 aromatic carbocycles. The van der Waals surface area contributed by atoms with E-state index in [1.165, 1.54) is 23.4 Å². The van der Waals surface area contributed by atoms with Gasteiger partial charge in [0, 0.05) is 13.2 Å². The normalized spacial score (nSPS) is 10.9. The van der Waals surface area contributed by atoms with E-state index in [0.29, 0.717) is 11.0 Å². The third-order valence-electron chi connectivity index (χ3n) is 2.94. The van der Waals surface area contributed by atoms with E-state index in [1.807, 2.05) is 0 Å². The highest BCUT2D eigenvalue weighted by Gasteiger charge is 2.15. The SMILES string of the molecule is Cn1ncc2c(=O)n(Cc3ncncc3C(=O)O)nnc21. The van der Waals surface area contributed by atoms with Crippen molar-refractivity contribution in [2.24, 2.45) is 7.05 Å². The lowest BCUT2D eigenvalue weighted by Crippen LogP contribution is -2.26. The first-order valence-corrected chi connectivity index (χ1v) is 5.85. The predicted molar refractivity (Wildman–Crippen MR) is 68.7 cm³/mol. The molecule has 10 heteroatoms. The summed E-state index contributed by atoms with van der Waals surface area (Å²) in [6.45, 7) is -0.110. The molecule has 0 amide bonds. The second-order valence-electron chi connectivity index (χ2n) is 4.25. The molecule has 0 spiro atoms. The molecule has 0 bridgehead atoms. The summed E-state index contributed by atoms with van der Waals surface area (Å²) >= 11 is 0. The van der Waals surface area contributed by atoms with Crippen molar-refractivity contribution in [2.75, 3.05) is 0 Å². The van der Waals surface area contributed by atoms with Crippen LogP contribution in [0, 0.1) is 0 Å². The first-order chi connectivity index (χ1) is 10.1. The molecule has 1 N–H and O–H groups in total. The van der Waals surface area contributed by atoms with Crippen LogP contribution < -0.4 is 5.56 Å². The predicted octanol–water partition coefficient (Wildman–Crippen LogP) is -0.939. The summed E-state index contributed by atoms with van der Waals surface area (Å²) in [6, 6.07) is 0. The molecule has 3 rings (SSSR count). The fourth-order valence-corrected chi connectivity index (χ4v) is 1.88. The van der Waals surface area contributed by atoms with Gasteiger partial charge in [-0.2, -0.15) is 5.10 Å². The van der Waals surface area contributed by atoms with Gasteiger partial charge in [-0.1, -0.05) is 5.21 Å². The molecule has 0 saturated heterocycles. The Labute approximate surface area is 116 Å². The van der Waals surface area contributed by atoms with E-state index in [-0.39, 0.29) is 17.8 Å². The number of nitrogens with zero attached hydrogens (tertiary/aromatic N) is 7. The Morgan fingerprint density at radius 2 is 2.19 bits per heavy atom. The standard InChI is InChI=1S/C11H9N7O3/c1-17-9-7(3-14-17)10(19)18(16-15-9)4-8-6(11(20)21)2-12-5-13-8/h2-3,5H,4H2,1H3,(H,20,21). The molecule has 0 radical (unpaired) electrons. The number of carboxylic acids is 1. The van der Waals surface area contributed by atoms with Gasteiger partial charge >= 0.3 is 5.97 Å². The van der Waals surface area contributed by atoms with Gasteiger partial charge in [0.05, 0.1) is 18.4 Å². The molecule has 3 aromatic rings. The maximum atomic E-state index is 12.2. The number of carbonyl (C=O) groups is 1. The number of carboxylic acid groups (broad SMARTS) is 1. The van der Waals surface area contributed by atoms with E-state index >= 15 is 0 Å². The van der Waals surface area contributed by atoms with Crippen molar-refractivity contribution in [3.8, 4) is 0 Å². The lowest BCUT2D eigenvalue weighted by atomic mass is 10.2. The topological polar surface area (TPSA) is 129 Å². The maximum Gasteiger partial charge on any atom is 0.339 e. The number of fused-ring (bicyclic) bond motifs is 1. The van der Waals surface area contributed by atoms with E-state index in [9.17, 15) is 9.59 Å². The Morgan fingerprint density at radius 1 is 1.38 bits per heavy atom. The van der Waals surface area contributed by atoms with Crippen LogP contribution in [-0.4, -0.2) is 45.8 Å². The van der Waals surface area contributed by atoms with Crippen molar-refractivity contribution in [3.05, 3.63) is 40.3 Å². The van der Waals surface area contributed by atoms with Gasteiger partial charge in [0.15, 0.2) is 5.65 Å². The third kappa shape index (κ3) is 2.12. The van der Waals surface area contributed by atoms with Gasteiger partial charge in [-0.15, -0.1) is 5.10 Å². The lowest BCUT2D eigenvalue weighted by molar-refractivity contribution is 0.0694. The van der Waals surface area contributed by atoms with Crippen LogP contribution in [0.2, 0.25) is 0 Å². The van der Waals surface area contributed by atoms with Crippen molar-refractivity contribution < 1.29 is 9.90 Å². The zero-order valence-corrected chi connectivity index (χ0v) is 10.8. The summed E-state index contributed by atoms with van der Waals surface area (Å²) in [6.07, 6.45) is 3.77. The van der Waals surface area contributed by atoms with Gasteiger partial charge < -0.3 is 5.11 Å². The van der Waals surface area contributed by atoms with Crippen molar-refractivity contribution in [3.63, 3.8) is 0 Å². The highest BCUT2D eigenvalue weighted by Crippen LogP contribution is 2.06. The fourth-order valence-electron chi connectivity index (χ4n) is 1.88. The molecule has 0 aliphatic heterocycles. The second-order valence-corrected chi connectivity index (χ2v) is 4.25. The first-order valence-electron chi connectivity index (χ1n) is 5.85. The second kappa shape index (κ2) is 4.74. The Morgan fingerprint density at radius 3 is 2.95 bits per heavy atom. The van der Waals surface area contributed by atoms with Crippen LogP contribution in [0.3, 0.4) is 0 Å². The quantitative estimate of drug-likeness (QED) is 0.653. The van der Waals surface area contributed by atoms with Crippen LogP contribution in [-0.2, 0) is 13.6 Å². The number of hydrogen-bond acceptors (Lipinski definition) is 7. The zero-order valence-electron chi connectivity index (χ0n) is 10.8. The molecule has 21 heavy (non-hydrogen) atoms. The molecule has 0 unspecified atom stereocenters. The van der Waals surface area contributed by atoms with Crippen LogP contribution in [0.1, 0.15) is 16.1 Å². The van der Waals surface area contributed by atoms with Gasteiger partial charge in [0.25, 0.3) is 5.56 Å². The van der Waals surface area contributed by atoms with Crippen LogP contribution in [0.4, 0.5) is 0 Å².